The average Bonchev–Trinajstić information content (AvgIpc) is 2.49. The van der Waals surface area contributed by atoms with Gasteiger partial charge in [-0.1, -0.05) is 19.9 Å². The Kier molecular flexibility index (Phi) is 9.79. The van der Waals surface area contributed by atoms with Crippen molar-refractivity contribution in [2.75, 3.05) is 31.5 Å². The molecule has 0 aliphatic carbocycles. The van der Waals surface area contributed by atoms with Crippen LogP contribution < -0.4 is 11.1 Å². The monoisotopic (exact) mass is 458 g/mol. The lowest BCUT2D eigenvalue weighted by Crippen LogP contribution is -2.39. The van der Waals surface area contributed by atoms with E-state index in [2.05, 4.69) is 55.0 Å². The van der Waals surface area contributed by atoms with Crippen molar-refractivity contribution < 1.29 is 0 Å². The van der Waals surface area contributed by atoms with Crippen LogP contribution in [0.5, 0.6) is 0 Å². The molecule has 2 atom stereocenters. The van der Waals surface area contributed by atoms with Crippen molar-refractivity contribution in [3.63, 3.8) is 0 Å². The Bertz CT molecular complexity index is 549. The number of unbranched alkanes of at least 4 members (excludes halogenated alkanes) is 1. The molecule has 2 unspecified atom stereocenters. The number of halogens is 1. The van der Waals surface area contributed by atoms with Gasteiger partial charge in [0.1, 0.15) is 0 Å². The summed E-state index contributed by atoms with van der Waals surface area (Å²) in [7, 11) is 0. The van der Waals surface area contributed by atoms with Crippen LogP contribution in [0.2, 0.25) is 0 Å². The third-order valence-corrected chi connectivity index (χ3v) is 4.89. The summed E-state index contributed by atoms with van der Waals surface area (Å²) in [6.07, 6.45) is 3.66. The number of rotatable bonds is 6. The van der Waals surface area contributed by atoms with E-state index in [0.717, 1.165) is 30.5 Å². The van der Waals surface area contributed by atoms with Crippen LogP contribution in [0, 0.1) is 25.7 Å². The maximum atomic E-state index is 5.98. The molecule has 1 heterocycles. The Labute approximate surface area is 170 Å². The van der Waals surface area contributed by atoms with Crippen LogP contribution in [0.3, 0.4) is 0 Å². The minimum Gasteiger partial charge on any atom is -0.370 e. The zero-order valence-corrected chi connectivity index (χ0v) is 18.5. The van der Waals surface area contributed by atoms with Gasteiger partial charge in [-0.15, -0.1) is 24.0 Å². The molecule has 0 saturated carbocycles. The van der Waals surface area contributed by atoms with Crippen LogP contribution in [0.4, 0.5) is 5.69 Å². The summed E-state index contributed by atoms with van der Waals surface area (Å²) in [5.41, 5.74) is 9.54. The molecule has 4 nitrogen and oxygen atoms in total. The number of hydrogen-bond donors (Lipinski definition) is 2. The summed E-state index contributed by atoms with van der Waals surface area (Å²) in [6.45, 7) is 13.4. The van der Waals surface area contributed by atoms with Gasteiger partial charge >= 0.3 is 0 Å². The number of piperidine rings is 1. The number of guanidine groups is 1. The molecular formula is C20H35IN4. The molecule has 1 aliphatic rings. The van der Waals surface area contributed by atoms with Crippen molar-refractivity contribution in [3.8, 4) is 0 Å². The topological polar surface area (TPSA) is 53.6 Å². The van der Waals surface area contributed by atoms with Gasteiger partial charge in [-0.3, -0.25) is 4.99 Å². The number of nitrogens with zero attached hydrogens (tertiary/aromatic N) is 2. The molecule has 1 saturated heterocycles. The number of likely N-dealkylation sites (tertiary alicyclic amines) is 1. The molecule has 1 aliphatic heterocycles. The van der Waals surface area contributed by atoms with Crippen LogP contribution in [0.1, 0.15) is 44.2 Å². The molecule has 0 aromatic heterocycles. The number of anilines is 1. The number of aliphatic imine (C=N–C) groups is 1. The first-order valence-corrected chi connectivity index (χ1v) is 9.30. The minimum atomic E-state index is 0. The van der Waals surface area contributed by atoms with Crippen molar-refractivity contribution in [2.24, 2.45) is 22.6 Å². The molecule has 0 bridgehead atoms. The molecule has 25 heavy (non-hydrogen) atoms. The zero-order chi connectivity index (χ0) is 17.5. The molecule has 5 heteroatoms. The van der Waals surface area contributed by atoms with E-state index in [1.165, 1.54) is 43.6 Å². The van der Waals surface area contributed by atoms with E-state index in [9.17, 15) is 0 Å². The summed E-state index contributed by atoms with van der Waals surface area (Å²) >= 11 is 0. The number of benzene rings is 1. The highest BCUT2D eigenvalue weighted by Gasteiger charge is 2.20. The fraction of sp³-hybridized carbons (Fsp3) is 0.650. The number of aryl methyl sites for hydroxylation is 2. The lowest BCUT2D eigenvalue weighted by atomic mass is 9.92. The second-order valence-corrected chi connectivity index (χ2v) is 7.60. The maximum absolute atomic E-state index is 5.98. The largest absolute Gasteiger partial charge is 0.370 e. The van der Waals surface area contributed by atoms with Gasteiger partial charge in [0.25, 0.3) is 0 Å². The maximum Gasteiger partial charge on any atom is 0.193 e. The predicted molar refractivity (Wildman–Crippen MR) is 120 cm³/mol. The van der Waals surface area contributed by atoms with Gasteiger partial charge < -0.3 is 16.0 Å². The third kappa shape index (κ3) is 7.94. The van der Waals surface area contributed by atoms with Crippen molar-refractivity contribution in [1.82, 2.24) is 4.90 Å². The highest BCUT2D eigenvalue weighted by atomic mass is 127. The fourth-order valence-electron chi connectivity index (χ4n) is 3.63. The van der Waals surface area contributed by atoms with E-state index in [1.807, 2.05) is 6.07 Å². The van der Waals surface area contributed by atoms with Crippen LogP contribution in [-0.4, -0.2) is 37.0 Å². The van der Waals surface area contributed by atoms with E-state index in [4.69, 9.17) is 5.73 Å². The second-order valence-electron chi connectivity index (χ2n) is 7.60. The molecule has 0 radical (unpaired) electrons. The van der Waals surface area contributed by atoms with E-state index in [0.29, 0.717) is 5.96 Å². The van der Waals surface area contributed by atoms with Crippen LogP contribution >= 0.6 is 24.0 Å². The third-order valence-electron chi connectivity index (χ3n) is 4.89. The molecule has 0 spiro atoms. The predicted octanol–water partition coefficient (Wildman–Crippen LogP) is 4.41. The SMILES string of the molecule is Cc1ccc(NC(N)=NCCCCN2CC(C)CC(C)C2)cc1C.I. The van der Waals surface area contributed by atoms with Gasteiger partial charge in [0.15, 0.2) is 5.96 Å². The Morgan fingerprint density at radius 3 is 2.48 bits per heavy atom. The van der Waals surface area contributed by atoms with Gasteiger partial charge in [0, 0.05) is 25.3 Å². The lowest BCUT2D eigenvalue weighted by Gasteiger charge is -2.34. The first-order valence-electron chi connectivity index (χ1n) is 9.30. The van der Waals surface area contributed by atoms with Crippen molar-refractivity contribution >= 4 is 35.6 Å². The molecule has 142 valence electrons. The number of nitrogens with two attached hydrogens (primary N) is 1. The van der Waals surface area contributed by atoms with Crippen LogP contribution in [0.25, 0.3) is 0 Å². The van der Waals surface area contributed by atoms with Crippen molar-refractivity contribution in [2.45, 2.75) is 47.0 Å². The Morgan fingerprint density at radius 1 is 1.16 bits per heavy atom. The minimum absolute atomic E-state index is 0. The average molecular weight is 458 g/mol. The molecule has 1 fully saturated rings. The molecule has 0 amide bonds. The summed E-state index contributed by atoms with van der Waals surface area (Å²) in [6, 6.07) is 6.26. The second kappa shape index (κ2) is 11.0. The van der Waals surface area contributed by atoms with Crippen molar-refractivity contribution in [1.29, 1.82) is 0 Å². The summed E-state index contributed by atoms with van der Waals surface area (Å²) < 4.78 is 0. The summed E-state index contributed by atoms with van der Waals surface area (Å²) in [4.78, 5) is 7.06. The summed E-state index contributed by atoms with van der Waals surface area (Å²) in [5, 5.41) is 3.18. The first kappa shape index (κ1) is 22.2. The van der Waals surface area contributed by atoms with E-state index in [-0.39, 0.29) is 24.0 Å². The molecule has 1 aromatic rings. The van der Waals surface area contributed by atoms with Crippen LogP contribution in [0.15, 0.2) is 23.2 Å². The first-order chi connectivity index (χ1) is 11.4. The summed E-state index contributed by atoms with van der Waals surface area (Å²) in [5.74, 6) is 2.19. The quantitative estimate of drug-likeness (QED) is 0.288. The van der Waals surface area contributed by atoms with Gasteiger partial charge in [-0.25, -0.2) is 0 Å². The smallest absolute Gasteiger partial charge is 0.193 e. The van der Waals surface area contributed by atoms with Crippen LogP contribution in [-0.2, 0) is 0 Å². The van der Waals surface area contributed by atoms with Gasteiger partial charge in [0.2, 0.25) is 0 Å². The lowest BCUT2D eigenvalue weighted by molar-refractivity contribution is 0.139. The normalized spacial score (nSPS) is 21.7. The van der Waals surface area contributed by atoms with Gasteiger partial charge in [0.05, 0.1) is 0 Å². The Morgan fingerprint density at radius 2 is 1.84 bits per heavy atom. The Balaban J connectivity index is 0.00000312. The van der Waals surface area contributed by atoms with E-state index in [1.54, 1.807) is 0 Å². The molecule has 3 N–H and O–H groups in total. The highest BCUT2D eigenvalue weighted by Crippen LogP contribution is 2.21. The van der Waals surface area contributed by atoms with Gasteiger partial charge in [-0.2, -0.15) is 0 Å². The highest BCUT2D eigenvalue weighted by molar-refractivity contribution is 14.0. The standard InChI is InChI=1S/C20H34N4.HI/c1-15-11-16(2)14-24(13-15)10-6-5-9-22-20(21)23-19-8-7-17(3)18(4)12-19;/h7-8,12,15-16H,5-6,9-11,13-14H2,1-4H3,(H3,21,22,23);1H. The van der Waals surface area contributed by atoms with E-state index < -0.39 is 0 Å². The van der Waals surface area contributed by atoms with Gasteiger partial charge in [-0.05, 0) is 74.8 Å². The number of hydrogen-bond acceptors (Lipinski definition) is 2. The zero-order valence-electron chi connectivity index (χ0n) is 16.2. The number of nitrogens with one attached hydrogen (secondary N) is 1. The molecule has 2 rings (SSSR count). The molecule has 1 aromatic carbocycles. The Hall–Kier alpha value is -0.820. The fourth-order valence-corrected chi connectivity index (χ4v) is 3.63. The molecular weight excluding hydrogens is 423 g/mol. The van der Waals surface area contributed by atoms with Crippen molar-refractivity contribution in [3.05, 3.63) is 29.3 Å². The van der Waals surface area contributed by atoms with E-state index >= 15 is 0 Å².